The van der Waals surface area contributed by atoms with Crippen molar-refractivity contribution in [1.82, 2.24) is 4.98 Å². The molecule has 0 radical (unpaired) electrons. The van der Waals surface area contributed by atoms with Gasteiger partial charge in [0.25, 0.3) is 0 Å². The van der Waals surface area contributed by atoms with Gasteiger partial charge in [0.2, 0.25) is 0 Å². The highest BCUT2D eigenvalue weighted by Gasteiger charge is 2.27. The van der Waals surface area contributed by atoms with Crippen molar-refractivity contribution >= 4 is 21.9 Å². The molecule has 0 N–H and O–H groups in total. The number of hydrogen-bond acceptors (Lipinski definition) is 3. The standard InChI is InChI=1S/C10H10BrNO2/c11-8-4-9(6-12-5-8)14-10(13)7-2-1-3-7/h4-7H,1-3H2. The van der Waals surface area contributed by atoms with Crippen LogP contribution in [-0.4, -0.2) is 11.0 Å². The summed E-state index contributed by atoms with van der Waals surface area (Å²) >= 11 is 3.27. The summed E-state index contributed by atoms with van der Waals surface area (Å²) in [7, 11) is 0. The highest BCUT2D eigenvalue weighted by atomic mass is 79.9. The number of hydrogen-bond donors (Lipinski definition) is 0. The molecule has 2 rings (SSSR count). The molecule has 0 saturated heterocycles. The van der Waals surface area contributed by atoms with Crippen LogP contribution in [0.5, 0.6) is 5.75 Å². The van der Waals surface area contributed by atoms with Gasteiger partial charge >= 0.3 is 5.97 Å². The van der Waals surface area contributed by atoms with E-state index in [1.165, 1.54) is 0 Å². The summed E-state index contributed by atoms with van der Waals surface area (Å²) in [5.41, 5.74) is 0. The van der Waals surface area contributed by atoms with Gasteiger partial charge < -0.3 is 4.74 Å². The predicted octanol–water partition coefficient (Wildman–Crippen LogP) is 2.55. The molecule has 1 heterocycles. The van der Waals surface area contributed by atoms with Crippen LogP contribution in [0.15, 0.2) is 22.9 Å². The summed E-state index contributed by atoms with van der Waals surface area (Å²) in [6.45, 7) is 0. The zero-order valence-electron chi connectivity index (χ0n) is 7.57. The largest absolute Gasteiger partial charge is 0.425 e. The second-order valence-corrected chi connectivity index (χ2v) is 4.30. The monoisotopic (exact) mass is 255 g/mol. The molecule has 1 aliphatic carbocycles. The lowest BCUT2D eigenvalue weighted by molar-refractivity contribution is -0.141. The summed E-state index contributed by atoms with van der Waals surface area (Å²) in [4.78, 5) is 15.4. The number of carbonyl (C=O) groups is 1. The molecule has 0 unspecified atom stereocenters. The van der Waals surface area contributed by atoms with Gasteiger partial charge in [0.15, 0.2) is 0 Å². The van der Waals surface area contributed by atoms with Crippen LogP contribution in [0, 0.1) is 5.92 Å². The summed E-state index contributed by atoms with van der Waals surface area (Å²) < 4.78 is 5.98. The van der Waals surface area contributed by atoms with Crippen molar-refractivity contribution in [3.63, 3.8) is 0 Å². The first-order chi connectivity index (χ1) is 6.75. The van der Waals surface area contributed by atoms with Crippen LogP contribution in [-0.2, 0) is 4.79 Å². The molecule has 1 aliphatic rings. The van der Waals surface area contributed by atoms with Gasteiger partial charge in [-0.2, -0.15) is 0 Å². The fourth-order valence-electron chi connectivity index (χ4n) is 1.29. The Morgan fingerprint density at radius 3 is 2.86 bits per heavy atom. The number of ether oxygens (including phenoxy) is 1. The van der Waals surface area contributed by atoms with Crippen molar-refractivity contribution in [3.05, 3.63) is 22.9 Å². The third kappa shape index (κ3) is 2.12. The third-order valence-corrected chi connectivity index (χ3v) is 2.77. The van der Waals surface area contributed by atoms with Crippen LogP contribution >= 0.6 is 15.9 Å². The average Bonchev–Trinajstić information content (AvgIpc) is 1.99. The first-order valence-corrected chi connectivity index (χ1v) is 5.37. The average molecular weight is 256 g/mol. The summed E-state index contributed by atoms with van der Waals surface area (Å²) in [5.74, 6) is 0.487. The van der Waals surface area contributed by atoms with Crippen molar-refractivity contribution in [3.8, 4) is 5.75 Å². The number of esters is 1. The van der Waals surface area contributed by atoms with E-state index in [0.29, 0.717) is 5.75 Å². The first kappa shape index (κ1) is 9.65. The lowest BCUT2D eigenvalue weighted by atomic mass is 9.86. The molecule has 0 aromatic carbocycles. The van der Waals surface area contributed by atoms with Crippen molar-refractivity contribution in [2.45, 2.75) is 19.3 Å². The molecule has 0 amide bonds. The normalized spacial score (nSPS) is 16.1. The van der Waals surface area contributed by atoms with Gasteiger partial charge in [-0.15, -0.1) is 0 Å². The highest BCUT2D eigenvalue weighted by Crippen LogP contribution is 2.28. The Kier molecular flexibility index (Phi) is 2.82. The van der Waals surface area contributed by atoms with E-state index in [1.54, 1.807) is 18.5 Å². The van der Waals surface area contributed by atoms with Crippen molar-refractivity contribution in [1.29, 1.82) is 0 Å². The van der Waals surface area contributed by atoms with Gasteiger partial charge in [0, 0.05) is 10.7 Å². The third-order valence-electron chi connectivity index (χ3n) is 2.34. The molecular weight excluding hydrogens is 246 g/mol. The molecule has 0 aliphatic heterocycles. The van der Waals surface area contributed by atoms with Gasteiger partial charge in [-0.3, -0.25) is 9.78 Å². The minimum atomic E-state index is -0.129. The van der Waals surface area contributed by atoms with E-state index < -0.39 is 0 Å². The van der Waals surface area contributed by atoms with Gasteiger partial charge in [-0.25, -0.2) is 0 Å². The smallest absolute Gasteiger partial charge is 0.314 e. The first-order valence-electron chi connectivity index (χ1n) is 4.58. The Labute approximate surface area is 90.6 Å². The van der Waals surface area contributed by atoms with E-state index in [9.17, 15) is 4.79 Å². The topological polar surface area (TPSA) is 39.2 Å². The van der Waals surface area contributed by atoms with E-state index in [-0.39, 0.29) is 11.9 Å². The van der Waals surface area contributed by atoms with E-state index in [0.717, 1.165) is 23.7 Å². The van der Waals surface area contributed by atoms with E-state index in [4.69, 9.17) is 4.74 Å². The number of pyridine rings is 1. The molecular formula is C10H10BrNO2. The maximum Gasteiger partial charge on any atom is 0.314 e. The van der Waals surface area contributed by atoms with Crippen molar-refractivity contribution < 1.29 is 9.53 Å². The second kappa shape index (κ2) is 4.09. The molecule has 1 saturated carbocycles. The number of rotatable bonds is 2. The highest BCUT2D eigenvalue weighted by molar-refractivity contribution is 9.10. The Morgan fingerprint density at radius 2 is 2.29 bits per heavy atom. The number of aromatic nitrogens is 1. The van der Waals surface area contributed by atoms with Crippen LogP contribution < -0.4 is 4.74 Å². The Bertz CT molecular complexity index is 350. The zero-order chi connectivity index (χ0) is 9.97. The molecule has 4 heteroatoms. The number of halogens is 1. The quantitative estimate of drug-likeness (QED) is 0.763. The SMILES string of the molecule is O=C(Oc1cncc(Br)c1)C1CCC1. The van der Waals surface area contributed by atoms with Gasteiger partial charge in [-0.1, -0.05) is 6.42 Å². The van der Waals surface area contributed by atoms with Crippen LogP contribution in [0.4, 0.5) is 0 Å². The lowest BCUT2D eigenvalue weighted by Crippen LogP contribution is -2.26. The van der Waals surface area contributed by atoms with Crippen LogP contribution in [0.3, 0.4) is 0 Å². The minimum Gasteiger partial charge on any atom is -0.425 e. The van der Waals surface area contributed by atoms with Crippen LogP contribution in [0.25, 0.3) is 0 Å². The summed E-state index contributed by atoms with van der Waals surface area (Å²) in [6, 6.07) is 1.74. The molecule has 0 spiro atoms. The summed E-state index contributed by atoms with van der Waals surface area (Å²) in [5, 5.41) is 0. The minimum absolute atomic E-state index is 0.106. The van der Waals surface area contributed by atoms with Gasteiger partial charge in [0.05, 0.1) is 12.1 Å². The Balaban J connectivity index is 1.99. The van der Waals surface area contributed by atoms with Crippen LogP contribution in [0.1, 0.15) is 19.3 Å². The lowest BCUT2D eigenvalue weighted by Gasteiger charge is -2.22. The Hall–Kier alpha value is -0.900. The molecule has 14 heavy (non-hydrogen) atoms. The zero-order valence-corrected chi connectivity index (χ0v) is 9.16. The second-order valence-electron chi connectivity index (χ2n) is 3.39. The van der Waals surface area contributed by atoms with E-state index in [2.05, 4.69) is 20.9 Å². The molecule has 1 fully saturated rings. The molecule has 74 valence electrons. The molecule has 3 nitrogen and oxygen atoms in total. The maximum absolute atomic E-state index is 11.4. The molecule has 0 bridgehead atoms. The van der Waals surface area contributed by atoms with Crippen molar-refractivity contribution in [2.24, 2.45) is 5.92 Å². The fourth-order valence-corrected chi connectivity index (χ4v) is 1.64. The maximum atomic E-state index is 11.4. The van der Waals surface area contributed by atoms with Gasteiger partial charge in [0.1, 0.15) is 5.75 Å². The van der Waals surface area contributed by atoms with Crippen LogP contribution in [0.2, 0.25) is 0 Å². The Morgan fingerprint density at radius 1 is 1.50 bits per heavy atom. The molecule has 1 aromatic heterocycles. The summed E-state index contributed by atoms with van der Waals surface area (Å²) in [6.07, 6.45) is 6.25. The number of carbonyl (C=O) groups excluding carboxylic acids is 1. The molecule has 0 atom stereocenters. The van der Waals surface area contributed by atoms with E-state index in [1.807, 2.05) is 0 Å². The molecule has 1 aromatic rings. The number of nitrogens with zero attached hydrogens (tertiary/aromatic N) is 1. The predicted molar refractivity (Wildman–Crippen MR) is 54.9 cm³/mol. The van der Waals surface area contributed by atoms with Gasteiger partial charge in [-0.05, 0) is 34.8 Å². The fraction of sp³-hybridized carbons (Fsp3) is 0.400. The van der Waals surface area contributed by atoms with Crippen molar-refractivity contribution in [2.75, 3.05) is 0 Å². The van der Waals surface area contributed by atoms with E-state index >= 15 is 0 Å².